The predicted octanol–water partition coefficient (Wildman–Crippen LogP) is 3.75. The fraction of sp³-hybridized carbons (Fsp3) is 1.00. The number of ether oxygens (including phenoxy) is 1. The third-order valence-electron chi connectivity index (χ3n) is 3.71. The zero-order valence-corrected chi connectivity index (χ0v) is 12.2. The second kappa shape index (κ2) is 7.38. The topological polar surface area (TPSA) is 21.3 Å². The first-order chi connectivity index (χ1) is 8.07. The van der Waals surface area contributed by atoms with E-state index in [0.717, 1.165) is 12.5 Å². The van der Waals surface area contributed by atoms with Crippen LogP contribution in [0.25, 0.3) is 0 Å². The molecule has 1 fully saturated rings. The molecule has 0 bridgehead atoms. The summed E-state index contributed by atoms with van der Waals surface area (Å²) in [5.74, 6) is 0.797. The summed E-state index contributed by atoms with van der Waals surface area (Å²) in [5.41, 5.74) is 0.123. The quantitative estimate of drug-likeness (QED) is 0.653. The summed E-state index contributed by atoms with van der Waals surface area (Å²) in [7, 11) is 0. The third kappa shape index (κ3) is 5.87. The highest BCUT2D eigenvalue weighted by atomic mass is 16.5. The van der Waals surface area contributed by atoms with Gasteiger partial charge in [0.2, 0.25) is 0 Å². The van der Waals surface area contributed by atoms with Crippen LogP contribution in [0.15, 0.2) is 0 Å². The number of hydrogen-bond acceptors (Lipinski definition) is 2. The van der Waals surface area contributed by atoms with E-state index in [4.69, 9.17) is 4.74 Å². The van der Waals surface area contributed by atoms with Crippen LogP contribution in [-0.4, -0.2) is 24.8 Å². The van der Waals surface area contributed by atoms with Gasteiger partial charge in [-0.3, -0.25) is 0 Å². The Hall–Kier alpha value is -0.0800. The first-order valence-electron chi connectivity index (χ1n) is 7.46. The van der Waals surface area contributed by atoms with Gasteiger partial charge in [-0.1, -0.05) is 20.3 Å². The van der Waals surface area contributed by atoms with E-state index in [9.17, 15) is 0 Å². The highest BCUT2D eigenvalue weighted by Crippen LogP contribution is 2.33. The van der Waals surface area contributed by atoms with E-state index in [0.29, 0.717) is 6.10 Å². The number of rotatable bonds is 8. The lowest BCUT2D eigenvalue weighted by atomic mass is 9.94. The van der Waals surface area contributed by atoms with Gasteiger partial charge in [0.25, 0.3) is 0 Å². The first kappa shape index (κ1) is 15.0. The van der Waals surface area contributed by atoms with Crippen LogP contribution in [0, 0.1) is 5.92 Å². The fourth-order valence-corrected chi connectivity index (χ4v) is 2.81. The smallest absolute Gasteiger partial charge is 0.0631 e. The van der Waals surface area contributed by atoms with Crippen LogP contribution in [-0.2, 0) is 4.74 Å². The van der Waals surface area contributed by atoms with Crippen molar-refractivity contribution in [2.24, 2.45) is 5.92 Å². The molecule has 0 aliphatic carbocycles. The van der Waals surface area contributed by atoms with Gasteiger partial charge in [0.05, 0.1) is 11.7 Å². The molecule has 17 heavy (non-hydrogen) atoms. The van der Waals surface area contributed by atoms with Gasteiger partial charge in [-0.2, -0.15) is 0 Å². The van der Waals surface area contributed by atoms with Crippen molar-refractivity contribution in [2.45, 2.75) is 77.9 Å². The Kier molecular flexibility index (Phi) is 6.50. The van der Waals surface area contributed by atoms with E-state index in [1.54, 1.807) is 0 Å². The summed E-state index contributed by atoms with van der Waals surface area (Å²) in [6, 6.07) is 0. The Morgan fingerprint density at radius 3 is 2.59 bits per heavy atom. The van der Waals surface area contributed by atoms with E-state index in [-0.39, 0.29) is 5.60 Å². The van der Waals surface area contributed by atoms with Crippen LogP contribution in [0.2, 0.25) is 0 Å². The van der Waals surface area contributed by atoms with Crippen molar-refractivity contribution in [3.8, 4) is 0 Å². The van der Waals surface area contributed by atoms with E-state index in [1.807, 2.05) is 0 Å². The molecule has 2 nitrogen and oxygen atoms in total. The molecule has 0 radical (unpaired) electrons. The van der Waals surface area contributed by atoms with Crippen molar-refractivity contribution in [2.75, 3.05) is 13.1 Å². The number of nitrogens with one attached hydrogen (secondary N) is 1. The molecule has 1 saturated heterocycles. The second-order valence-corrected chi connectivity index (χ2v) is 6.13. The Labute approximate surface area is 108 Å². The minimum atomic E-state index is 0.123. The van der Waals surface area contributed by atoms with Crippen molar-refractivity contribution < 1.29 is 4.74 Å². The standard InChI is InChI=1S/C15H31NO/c1-5-7-13(12-16-10-6-2)11-14-8-9-15(3,4)17-14/h13-14,16H,5-12H2,1-4H3. The Balaban J connectivity index is 2.28. The van der Waals surface area contributed by atoms with Gasteiger partial charge in [-0.05, 0) is 65.0 Å². The highest BCUT2D eigenvalue weighted by molar-refractivity contribution is 4.82. The van der Waals surface area contributed by atoms with Gasteiger partial charge in [-0.15, -0.1) is 0 Å². The van der Waals surface area contributed by atoms with Gasteiger partial charge >= 0.3 is 0 Å². The molecule has 2 heteroatoms. The highest BCUT2D eigenvalue weighted by Gasteiger charge is 2.32. The molecule has 1 rings (SSSR count). The maximum atomic E-state index is 6.10. The molecule has 102 valence electrons. The molecule has 0 amide bonds. The molecule has 2 unspecified atom stereocenters. The first-order valence-corrected chi connectivity index (χ1v) is 7.46. The average Bonchev–Trinajstić information content (AvgIpc) is 2.59. The van der Waals surface area contributed by atoms with Gasteiger partial charge in [-0.25, -0.2) is 0 Å². The molecule has 1 aliphatic rings. The van der Waals surface area contributed by atoms with Crippen LogP contribution >= 0.6 is 0 Å². The minimum absolute atomic E-state index is 0.123. The van der Waals surface area contributed by atoms with Crippen molar-refractivity contribution in [3.05, 3.63) is 0 Å². The average molecular weight is 241 g/mol. The molecule has 0 aromatic heterocycles. The van der Waals surface area contributed by atoms with E-state index < -0.39 is 0 Å². The van der Waals surface area contributed by atoms with Gasteiger partial charge in [0.1, 0.15) is 0 Å². The monoisotopic (exact) mass is 241 g/mol. The summed E-state index contributed by atoms with van der Waals surface area (Å²) in [6.07, 6.45) is 8.07. The molecule has 0 aromatic carbocycles. The molecule has 0 aromatic rings. The Morgan fingerprint density at radius 1 is 1.29 bits per heavy atom. The van der Waals surface area contributed by atoms with Crippen molar-refractivity contribution in [3.63, 3.8) is 0 Å². The fourth-order valence-electron chi connectivity index (χ4n) is 2.81. The van der Waals surface area contributed by atoms with E-state index in [2.05, 4.69) is 33.0 Å². The minimum Gasteiger partial charge on any atom is -0.372 e. The van der Waals surface area contributed by atoms with Crippen LogP contribution in [0.3, 0.4) is 0 Å². The van der Waals surface area contributed by atoms with Gasteiger partial charge in [0, 0.05) is 0 Å². The Bertz CT molecular complexity index is 203. The molecular weight excluding hydrogens is 210 g/mol. The maximum absolute atomic E-state index is 6.10. The van der Waals surface area contributed by atoms with Crippen molar-refractivity contribution in [1.82, 2.24) is 5.32 Å². The summed E-state index contributed by atoms with van der Waals surface area (Å²) in [6.45, 7) is 11.3. The zero-order chi connectivity index (χ0) is 12.7. The van der Waals surface area contributed by atoms with Crippen LogP contribution in [0.5, 0.6) is 0 Å². The van der Waals surface area contributed by atoms with E-state index >= 15 is 0 Å². The molecule has 1 aliphatic heterocycles. The van der Waals surface area contributed by atoms with Crippen LogP contribution in [0.1, 0.15) is 66.2 Å². The summed E-state index contributed by atoms with van der Waals surface area (Å²) in [5, 5.41) is 3.56. The lowest BCUT2D eigenvalue weighted by Gasteiger charge is -2.23. The molecule has 0 saturated carbocycles. The van der Waals surface area contributed by atoms with Crippen molar-refractivity contribution >= 4 is 0 Å². The lowest BCUT2D eigenvalue weighted by Crippen LogP contribution is -2.28. The zero-order valence-electron chi connectivity index (χ0n) is 12.2. The lowest BCUT2D eigenvalue weighted by molar-refractivity contribution is -0.0249. The summed E-state index contributed by atoms with van der Waals surface area (Å²) in [4.78, 5) is 0. The van der Waals surface area contributed by atoms with E-state index in [1.165, 1.54) is 45.1 Å². The largest absolute Gasteiger partial charge is 0.372 e. The summed E-state index contributed by atoms with van der Waals surface area (Å²) >= 11 is 0. The van der Waals surface area contributed by atoms with Gasteiger partial charge in [0.15, 0.2) is 0 Å². The Morgan fingerprint density at radius 2 is 2.06 bits per heavy atom. The molecular formula is C15H31NO. The van der Waals surface area contributed by atoms with Crippen LogP contribution in [0.4, 0.5) is 0 Å². The van der Waals surface area contributed by atoms with Gasteiger partial charge < -0.3 is 10.1 Å². The number of hydrogen-bond donors (Lipinski definition) is 1. The summed E-state index contributed by atoms with van der Waals surface area (Å²) < 4.78 is 6.10. The second-order valence-electron chi connectivity index (χ2n) is 6.13. The molecule has 2 atom stereocenters. The third-order valence-corrected chi connectivity index (χ3v) is 3.71. The molecule has 1 heterocycles. The normalized spacial score (nSPS) is 25.1. The predicted molar refractivity (Wildman–Crippen MR) is 74.4 cm³/mol. The molecule has 0 spiro atoms. The molecule has 1 N–H and O–H groups in total. The van der Waals surface area contributed by atoms with Crippen molar-refractivity contribution in [1.29, 1.82) is 0 Å². The van der Waals surface area contributed by atoms with Crippen LogP contribution < -0.4 is 5.32 Å². The SMILES string of the molecule is CCCNCC(CCC)CC1CCC(C)(C)O1. The maximum Gasteiger partial charge on any atom is 0.0631 e.